The van der Waals surface area contributed by atoms with Crippen LogP contribution in [0.4, 0.5) is 0 Å². The van der Waals surface area contributed by atoms with Crippen LogP contribution in [0.15, 0.2) is 18.2 Å². The summed E-state index contributed by atoms with van der Waals surface area (Å²) in [5.41, 5.74) is 2.43. The van der Waals surface area contributed by atoms with E-state index in [0.29, 0.717) is 6.04 Å². The van der Waals surface area contributed by atoms with E-state index in [1.165, 1.54) is 11.1 Å². The number of benzene rings is 1. The molecule has 0 aliphatic carbocycles. The number of nitrogens with one attached hydrogen (secondary N) is 1. The standard InChI is InChI=1S/C13H21NO/c1-5-11(3)14-9-12-8-6-7-10(2)13(12)15-4/h6-8,11,14H,5,9H2,1-4H3/t11-/m0/s1. The topological polar surface area (TPSA) is 21.3 Å². The van der Waals surface area contributed by atoms with Gasteiger partial charge in [-0.05, 0) is 25.8 Å². The Morgan fingerprint density at radius 3 is 2.73 bits per heavy atom. The molecule has 0 amide bonds. The van der Waals surface area contributed by atoms with E-state index in [1.807, 2.05) is 0 Å². The number of aryl methyl sites for hydroxylation is 1. The number of hydrogen-bond acceptors (Lipinski definition) is 2. The molecule has 0 bridgehead atoms. The van der Waals surface area contributed by atoms with Gasteiger partial charge in [-0.15, -0.1) is 0 Å². The van der Waals surface area contributed by atoms with Crippen molar-refractivity contribution in [2.75, 3.05) is 7.11 Å². The highest BCUT2D eigenvalue weighted by Crippen LogP contribution is 2.22. The van der Waals surface area contributed by atoms with E-state index in [9.17, 15) is 0 Å². The van der Waals surface area contributed by atoms with Gasteiger partial charge < -0.3 is 10.1 Å². The Morgan fingerprint density at radius 1 is 1.40 bits per heavy atom. The van der Waals surface area contributed by atoms with Crippen LogP contribution in [0.1, 0.15) is 31.4 Å². The predicted molar refractivity (Wildman–Crippen MR) is 64.3 cm³/mol. The number of methoxy groups -OCH3 is 1. The molecule has 84 valence electrons. The third-order valence-corrected chi connectivity index (χ3v) is 2.75. The summed E-state index contributed by atoms with van der Waals surface area (Å²) in [5.74, 6) is 1.01. The van der Waals surface area contributed by atoms with Gasteiger partial charge in [-0.25, -0.2) is 0 Å². The van der Waals surface area contributed by atoms with Crippen LogP contribution in [-0.2, 0) is 6.54 Å². The maximum Gasteiger partial charge on any atom is 0.126 e. The average Bonchev–Trinajstić information content (AvgIpc) is 2.25. The van der Waals surface area contributed by atoms with Gasteiger partial charge >= 0.3 is 0 Å². The van der Waals surface area contributed by atoms with Crippen molar-refractivity contribution in [2.24, 2.45) is 0 Å². The average molecular weight is 207 g/mol. The van der Waals surface area contributed by atoms with Crippen molar-refractivity contribution >= 4 is 0 Å². The van der Waals surface area contributed by atoms with Crippen LogP contribution in [0, 0.1) is 6.92 Å². The minimum absolute atomic E-state index is 0.551. The smallest absolute Gasteiger partial charge is 0.126 e. The molecular weight excluding hydrogens is 186 g/mol. The zero-order chi connectivity index (χ0) is 11.3. The molecule has 1 aromatic rings. The highest BCUT2D eigenvalue weighted by atomic mass is 16.5. The second-order valence-corrected chi connectivity index (χ2v) is 3.96. The van der Waals surface area contributed by atoms with Gasteiger partial charge in [0.2, 0.25) is 0 Å². The van der Waals surface area contributed by atoms with Gasteiger partial charge in [0.15, 0.2) is 0 Å². The van der Waals surface area contributed by atoms with Crippen molar-refractivity contribution < 1.29 is 4.74 Å². The van der Waals surface area contributed by atoms with E-state index in [1.54, 1.807) is 7.11 Å². The molecule has 0 unspecified atom stereocenters. The molecule has 1 N–H and O–H groups in total. The fourth-order valence-corrected chi connectivity index (χ4v) is 1.57. The molecule has 0 radical (unpaired) electrons. The molecule has 0 fully saturated rings. The van der Waals surface area contributed by atoms with Crippen LogP contribution in [0.3, 0.4) is 0 Å². The van der Waals surface area contributed by atoms with Crippen molar-refractivity contribution in [3.63, 3.8) is 0 Å². The summed E-state index contributed by atoms with van der Waals surface area (Å²) in [5, 5.41) is 3.47. The first-order valence-electron chi connectivity index (χ1n) is 5.54. The van der Waals surface area contributed by atoms with Crippen LogP contribution in [0.2, 0.25) is 0 Å². The summed E-state index contributed by atoms with van der Waals surface area (Å²) >= 11 is 0. The first-order chi connectivity index (χ1) is 7.19. The first-order valence-corrected chi connectivity index (χ1v) is 5.54. The predicted octanol–water partition coefficient (Wildman–Crippen LogP) is 2.89. The van der Waals surface area contributed by atoms with E-state index in [2.05, 4.69) is 44.3 Å². The number of hydrogen-bond donors (Lipinski definition) is 1. The maximum atomic E-state index is 5.40. The van der Waals surface area contributed by atoms with Gasteiger partial charge in [-0.3, -0.25) is 0 Å². The van der Waals surface area contributed by atoms with Crippen molar-refractivity contribution in [1.29, 1.82) is 0 Å². The molecule has 2 heteroatoms. The minimum Gasteiger partial charge on any atom is -0.496 e. The molecule has 1 rings (SSSR count). The highest BCUT2D eigenvalue weighted by molar-refractivity contribution is 5.40. The Kier molecular flexibility index (Phi) is 4.63. The number of rotatable bonds is 5. The van der Waals surface area contributed by atoms with E-state index in [4.69, 9.17) is 4.74 Å². The molecule has 1 aromatic carbocycles. The Labute approximate surface area is 92.6 Å². The van der Waals surface area contributed by atoms with Crippen molar-refractivity contribution in [2.45, 2.75) is 39.8 Å². The van der Waals surface area contributed by atoms with E-state index < -0.39 is 0 Å². The third-order valence-electron chi connectivity index (χ3n) is 2.75. The van der Waals surface area contributed by atoms with E-state index in [0.717, 1.165) is 18.7 Å². The van der Waals surface area contributed by atoms with Crippen LogP contribution >= 0.6 is 0 Å². The highest BCUT2D eigenvalue weighted by Gasteiger charge is 2.06. The summed E-state index contributed by atoms with van der Waals surface area (Å²) in [6.45, 7) is 7.33. The molecule has 0 aliphatic rings. The zero-order valence-electron chi connectivity index (χ0n) is 10.1. The summed E-state index contributed by atoms with van der Waals surface area (Å²) in [6.07, 6.45) is 1.15. The number of para-hydroxylation sites is 1. The van der Waals surface area contributed by atoms with Gasteiger partial charge in [-0.2, -0.15) is 0 Å². The Balaban J connectivity index is 2.72. The van der Waals surface area contributed by atoms with Crippen molar-refractivity contribution in [3.8, 4) is 5.75 Å². The largest absolute Gasteiger partial charge is 0.496 e. The lowest BCUT2D eigenvalue weighted by Crippen LogP contribution is -2.24. The van der Waals surface area contributed by atoms with Crippen LogP contribution < -0.4 is 10.1 Å². The van der Waals surface area contributed by atoms with E-state index in [-0.39, 0.29) is 0 Å². The molecule has 15 heavy (non-hydrogen) atoms. The second-order valence-electron chi connectivity index (χ2n) is 3.96. The second kappa shape index (κ2) is 5.76. The summed E-state index contributed by atoms with van der Waals surface area (Å²) in [6, 6.07) is 6.81. The molecule has 0 spiro atoms. The molecule has 2 nitrogen and oxygen atoms in total. The minimum atomic E-state index is 0.551. The fourth-order valence-electron chi connectivity index (χ4n) is 1.57. The molecule has 0 aliphatic heterocycles. The summed E-state index contributed by atoms with van der Waals surface area (Å²) < 4.78 is 5.40. The van der Waals surface area contributed by atoms with E-state index >= 15 is 0 Å². The van der Waals surface area contributed by atoms with Crippen LogP contribution in [0.25, 0.3) is 0 Å². The SMILES string of the molecule is CC[C@H](C)NCc1cccc(C)c1OC. The third kappa shape index (κ3) is 3.24. The lowest BCUT2D eigenvalue weighted by atomic mass is 10.1. The molecule has 0 heterocycles. The first kappa shape index (κ1) is 12.1. The maximum absolute atomic E-state index is 5.40. The Hall–Kier alpha value is -1.02. The Bertz CT molecular complexity index is 309. The summed E-state index contributed by atoms with van der Waals surface area (Å²) in [4.78, 5) is 0. The monoisotopic (exact) mass is 207 g/mol. The lowest BCUT2D eigenvalue weighted by Gasteiger charge is -2.15. The van der Waals surface area contributed by atoms with Crippen molar-refractivity contribution in [1.82, 2.24) is 5.32 Å². The quantitative estimate of drug-likeness (QED) is 0.801. The Morgan fingerprint density at radius 2 is 2.13 bits per heavy atom. The van der Waals surface area contributed by atoms with Gasteiger partial charge in [0.1, 0.15) is 5.75 Å². The molecular formula is C13H21NO. The number of ether oxygens (including phenoxy) is 1. The zero-order valence-corrected chi connectivity index (χ0v) is 10.1. The van der Waals surface area contributed by atoms with Gasteiger partial charge in [0, 0.05) is 18.2 Å². The lowest BCUT2D eigenvalue weighted by molar-refractivity contribution is 0.402. The van der Waals surface area contributed by atoms with Gasteiger partial charge in [-0.1, -0.05) is 25.1 Å². The van der Waals surface area contributed by atoms with Gasteiger partial charge in [0.25, 0.3) is 0 Å². The van der Waals surface area contributed by atoms with Crippen LogP contribution in [0.5, 0.6) is 5.75 Å². The molecule has 0 aromatic heterocycles. The molecule has 0 saturated carbocycles. The molecule has 0 saturated heterocycles. The van der Waals surface area contributed by atoms with Crippen LogP contribution in [-0.4, -0.2) is 13.2 Å². The molecule has 1 atom stereocenters. The summed E-state index contributed by atoms with van der Waals surface area (Å²) in [7, 11) is 1.73. The van der Waals surface area contributed by atoms with Crippen molar-refractivity contribution in [3.05, 3.63) is 29.3 Å². The fraction of sp³-hybridized carbons (Fsp3) is 0.538. The van der Waals surface area contributed by atoms with Gasteiger partial charge in [0.05, 0.1) is 7.11 Å². The normalized spacial score (nSPS) is 12.5.